The first-order valence-corrected chi connectivity index (χ1v) is 4.78. The molecule has 0 aliphatic rings. The summed E-state index contributed by atoms with van der Waals surface area (Å²) in [5.74, 6) is -2.10. The van der Waals surface area contributed by atoms with Gasteiger partial charge in [-0.2, -0.15) is 4.99 Å². The van der Waals surface area contributed by atoms with Gasteiger partial charge in [-0.05, 0) is 22.0 Å². The second-order valence-electron chi connectivity index (χ2n) is 2.72. The van der Waals surface area contributed by atoms with E-state index < -0.39 is 11.6 Å². The lowest BCUT2D eigenvalue weighted by atomic mass is 10.3. The third-order valence-corrected chi connectivity index (χ3v) is 2.08. The summed E-state index contributed by atoms with van der Waals surface area (Å²) in [4.78, 5) is 6.88. The Labute approximate surface area is 98.2 Å². The zero-order chi connectivity index (χ0) is 12.3. The van der Waals surface area contributed by atoms with Gasteiger partial charge in [0.05, 0.1) is 4.47 Å². The van der Waals surface area contributed by atoms with Crippen LogP contribution in [-0.4, -0.2) is 11.9 Å². The third-order valence-electron chi connectivity index (χ3n) is 1.47. The van der Waals surface area contributed by atoms with E-state index >= 15 is 0 Å². The fourth-order valence-electron chi connectivity index (χ4n) is 0.878. The van der Waals surface area contributed by atoms with Crippen LogP contribution in [0.25, 0.3) is 0 Å². The van der Waals surface area contributed by atoms with Gasteiger partial charge in [-0.25, -0.2) is 13.8 Å². The molecule has 0 saturated heterocycles. The lowest BCUT2D eigenvalue weighted by Gasteiger charge is -2.00. The van der Waals surface area contributed by atoms with Crippen LogP contribution in [0.2, 0.25) is 0 Å². The maximum Gasteiger partial charge on any atom is 0.223 e. The quantitative estimate of drug-likeness (QED) is 0.408. The van der Waals surface area contributed by atoms with E-state index in [9.17, 15) is 8.78 Å². The van der Waals surface area contributed by atoms with Gasteiger partial charge in [0.25, 0.3) is 0 Å². The molecule has 0 unspecified atom stereocenters. The lowest BCUT2D eigenvalue weighted by Crippen LogP contribution is -2.26. The fraction of sp³-hybridized carbons (Fsp3) is 0. The maximum atomic E-state index is 13.3. The Balaban J connectivity index is 3.15. The summed E-state index contributed by atoms with van der Waals surface area (Å²) in [5, 5.41) is 0. The Kier molecular flexibility index (Phi) is 3.78. The zero-order valence-corrected chi connectivity index (χ0v) is 9.50. The number of hydrogen-bond acceptors (Lipinski definition) is 1. The van der Waals surface area contributed by atoms with Crippen molar-refractivity contribution in [2.24, 2.45) is 27.2 Å². The van der Waals surface area contributed by atoms with Crippen molar-refractivity contribution in [3.05, 3.63) is 28.2 Å². The predicted octanol–water partition coefficient (Wildman–Crippen LogP) is 0.947. The predicted molar refractivity (Wildman–Crippen MR) is 61.2 cm³/mol. The van der Waals surface area contributed by atoms with Crippen LogP contribution in [-0.2, 0) is 0 Å². The Morgan fingerprint density at radius 2 is 1.75 bits per heavy atom. The molecule has 0 amide bonds. The van der Waals surface area contributed by atoms with Crippen molar-refractivity contribution >= 4 is 33.5 Å². The van der Waals surface area contributed by atoms with Crippen LogP contribution in [0.4, 0.5) is 14.5 Å². The van der Waals surface area contributed by atoms with Crippen molar-refractivity contribution in [2.45, 2.75) is 0 Å². The van der Waals surface area contributed by atoms with Crippen molar-refractivity contribution in [1.29, 1.82) is 0 Å². The number of hydrogen-bond donors (Lipinski definition) is 3. The average Bonchev–Trinajstić information content (AvgIpc) is 2.12. The lowest BCUT2D eigenvalue weighted by molar-refractivity contribution is 0.596. The number of halogens is 3. The number of nitrogens with two attached hydrogens (primary N) is 3. The van der Waals surface area contributed by atoms with E-state index in [1.807, 2.05) is 0 Å². The molecule has 0 aromatic heterocycles. The van der Waals surface area contributed by atoms with Gasteiger partial charge in [0, 0.05) is 6.07 Å². The molecule has 0 radical (unpaired) electrons. The van der Waals surface area contributed by atoms with Gasteiger partial charge < -0.3 is 17.2 Å². The topological polar surface area (TPSA) is 103 Å². The minimum Gasteiger partial charge on any atom is -0.370 e. The monoisotopic (exact) mass is 291 g/mol. The van der Waals surface area contributed by atoms with Crippen LogP contribution >= 0.6 is 15.9 Å². The van der Waals surface area contributed by atoms with E-state index in [0.717, 1.165) is 12.1 Å². The number of guanidine groups is 2. The highest BCUT2D eigenvalue weighted by Crippen LogP contribution is 2.25. The van der Waals surface area contributed by atoms with Crippen LogP contribution in [0.15, 0.2) is 26.6 Å². The molecule has 0 bridgehead atoms. The molecule has 1 rings (SSSR count). The van der Waals surface area contributed by atoms with Gasteiger partial charge in [-0.1, -0.05) is 0 Å². The summed E-state index contributed by atoms with van der Waals surface area (Å²) in [6, 6.07) is 1.80. The second-order valence-corrected chi connectivity index (χ2v) is 3.58. The van der Waals surface area contributed by atoms with E-state index in [1.54, 1.807) is 0 Å². The summed E-state index contributed by atoms with van der Waals surface area (Å²) >= 11 is 2.82. The van der Waals surface area contributed by atoms with Gasteiger partial charge in [0.2, 0.25) is 5.96 Å². The van der Waals surface area contributed by atoms with Gasteiger partial charge >= 0.3 is 0 Å². The van der Waals surface area contributed by atoms with E-state index in [-0.39, 0.29) is 22.1 Å². The number of nitrogens with zero attached hydrogens (tertiary/aromatic N) is 2. The van der Waals surface area contributed by atoms with E-state index in [0.29, 0.717) is 0 Å². The van der Waals surface area contributed by atoms with Crippen molar-refractivity contribution in [3.63, 3.8) is 0 Å². The molecule has 0 saturated carbocycles. The molecule has 8 heteroatoms. The van der Waals surface area contributed by atoms with Crippen molar-refractivity contribution in [2.75, 3.05) is 0 Å². The molecule has 0 aliphatic heterocycles. The molecule has 6 N–H and O–H groups in total. The van der Waals surface area contributed by atoms with Crippen LogP contribution in [0.5, 0.6) is 0 Å². The third kappa shape index (κ3) is 3.16. The number of benzene rings is 1. The highest BCUT2D eigenvalue weighted by Gasteiger charge is 2.07. The van der Waals surface area contributed by atoms with E-state index in [2.05, 4.69) is 25.9 Å². The van der Waals surface area contributed by atoms with Crippen molar-refractivity contribution < 1.29 is 8.78 Å². The summed E-state index contributed by atoms with van der Waals surface area (Å²) in [5.41, 5.74) is 15.0. The molecule has 0 aliphatic carbocycles. The van der Waals surface area contributed by atoms with E-state index in [4.69, 9.17) is 17.2 Å². The summed E-state index contributed by atoms with van der Waals surface area (Å²) < 4.78 is 26.3. The summed E-state index contributed by atoms with van der Waals surface area (Å²) in [7, 11) is 0. The van der Waals surface area contributed by atoms with Crippen LogP contribution in [0, 0.1) is 11.6 Å². The van der Waals surface area contributed by atoms with Crippen molar-refractivity contribution in [1.82, 2.24) is 0 Å². The van der Waals surface area contributed by atoms with Gasteiger partial charge in [-0.3, -0.25) is 0 Å². The van der Waals surface area contributed by atoms with Crippen LogP contribution in [0.1, 0.15) is 0 Å². The second kappa shape index (κ2) is 4.88. The zero-order valence-electron chi connectivity index (χ0n) is 7.92. The smallest absolute Gasteiger partial charge is 0.223 e. The minimum atomic E-state index is -0.748. The number of aliphatic imine (C=N–C) groups is 2. The molecular formula is C8H8BrF2N5. The van der Waals surface area contributed by atoms with Crippen LogP contribution < -0.4 is 17.2 Å². The highest BCUT2D eigenvalue weighted by molar-refractivity contribution is 9.10. The molecule has 16 heavy (non-hydrogen) atoms. The Bertz CT molecular complexity index is 468. The minimum absolute atomic E-state index is 0.00985. The van der Waals surface area contributed by atoms with E-state index in [1.165, 1.54) is 0 Å². The first-order valence-electron chi connectivity index (χ1n) is 3.98. The molecule has 0 fully saturated rings. The molecule has 86 valence electrons. The normalized spacial score (nSPS) is 11.3. The van der Waals surface area contributed by atoms with Crippen molar-refractivity contribution in [3.8, 4) is 0 Å². The molecule has 1 aromatic carbocycles. The number of rotatable bonds is 1. The Morgan fingerprint density at radius 1 is 1.12 bits per heavy atom. The first-order chi connectivity index (χ1) is 7.40. The molecule has 0 atom stereocenters. The highest BCUT2D eigenvalue weighted by atomic mass is 79.9. The Morgan fingerprint density at radius 3 is 2.31 bits per heavy atom. The largest absolute Gasteiger partial charge is 0.370 e. The summed E-state index contributed by atoms with van der Waals surface area (Å²) in [6.07, 6.45) is 0. The van der Waals surface area contributed by atoms with Gasteiger partial charge in [0.1, 0.15) is 17.3 Å². The first kappa shape index (κ1) is 12.4. The molecular weight excluding hydrogens is 284 g/mol. The fourth-order valence-corrected chi connectivity index (χ4v) is 1.19. The molecule has 0 heterocycles. The average molecular weight is 292 g/mol. The molecule has 5 nitrogen and oxygen atoms in total. The molecule has 1 aromatic rings. The van der Waals surface area contributed by atoms with Gasteiger partial charge in [0.15, 0.2) is 5.96 Å². The standard InChI is InChI=1S/C8H8BrF2N5/c9-3-1-5(11)6(2-4(3)10)15-8(14)16-7(12)13/h1-2H,(H6,12,13,14,15,16). The Hall–Kier alpha value is -1.70. The van der Waals surface area contributed by atoms with Gasteiger partial charge in [-0.15, -0.1) is 0 Å². The summed E-state index contributed by atoms with van der Waals surface area (Å²) in [6.45, 7) is 0. The SMILES string of the molecule is NC(N)=NC(N)=Nc1cc(F)c(Br)cc1F. The maximum absolute atomic E-state index is 13.3. The van der Waals surface area contributed by atoms with Crippen LogP contribution in [0.3, 0.4) is 0 Å². The molecule has 0 spiro atoms.